The maximum Gasteiger partial charge on any atom is 0.303 e. The van der Waals surface area contributed by atoms with Gasteiger partial charge in [0.1, 0.15) is 0 Å². The SMILES string of the molecule is CC(C)OC1CC2CC(O)CCC2(C)C2CCC3(C)C(C(C)CCC(=O)O)CCC3C12. The molecule has 178 valence electrons. The molecule has 4 nitrogen and oxygen atoms in total. The van der Waals surface area contributed by atoms with Gasteiger partial charge in [0.05, 0.1) is 18.3 Å². The van der Waals surface area contributed by atoms with Crippen molar-refractivity contribution in [2.24, 2.45) is 46.3 Å². The summed E-state index contributed by atoms with van der Waals surface area (Å²) < 4.78 is 6.66. The number of hydrogen-bond acceptors (Lipinski definition) is 3. The van der Waals surface area contributed by atoms with Crippen molar-refractivity contribution in [2.45, 2.75) is 117 Å². The highest BCUT2D eigenvalue weighted by molar-refractivity contribution is 5.66. The average Bonchev–Trinajstić information content (AvgIpc) is 3.04. The smallest absolute Gasteiger partial charge is 0.303 e. The van der Waals surface area contributed by atoms with E-state index in [0.717, 1.165) is 32.1 Å². The second kappa shape index (κ2) is 8.63. The minimum Gasteiger partial charge on any atom is -0.481 e. The van der Waals surface area contributed by atoms with Gasteiger partial charge in [-0.25, -0.2) is 0 Å². The molecule has 0 aromatic heterocycles. The molecule has 4 aliphatic rings. The number of aliphatic carboxylic acids is 1. The summed E-state index contributed by atoms with van der Waals surface area (Å²) in [6.45, 7) is 11.7. The van der Waals surface area contributed by atoms with Crippen molar-refractivity contribution in [1.82, 2.24) is 0 Å². The molecule has 4 rings (SSSR count). The first kappa shape index (κ1) is 23.5. The van der Waals surface area contributed by atoms with Crippen LogP contribution in [0.4, 0.5) is 0 Å². The predicted molar refractivity (Wildman–Crippen MR) is 123 cm³/mol. The van der Waals surface area contributed by atoms with E-state index in [1.807, 2.05) is 0 Å². The van der Waals surface area contributed by atoms with Gasteiger partial charge in [-0.15, -0.1) is 0 Å². The van der Waals surface area contributed by atoms with Crippen molar-refractivity contribution < 1.29 is 19.7 Å². The molecule has 4 aliphatic carbocycles. The minimum atomic E-state index is -0.661. The Balaban J connectivity index is 1.61. The Bertz CT molecular complexity index is 662. The summed E-state index contributed by atoms with van der Waals surface area (Å²) in [6, 6.07) is 0. The maximum absolute atomic E-state index is 11.2. The Hall–Kier alpha value is -0.610. The molecular weight excluding hydrogens is 388 g/mol. The highest BCUT2D eigenvalue weighted by Gasteiger charge is 2.63. The first-order valence-electron chi connectivity index (χ1n) is 13.1. The summed E-state index contributed by atoms with van der Waals surface area (Å²) >= 11 is 0. The van der Waals surface area contributed by atoms with E-state index in [1.54, 1.807) is 0 Å². The van der Waals surface area contributed by atoms with Crippen molar-refractivity contribution in [1.29, 1.82) is 0 Å². The summed E-state index contributed by atoms with van der Waals surface area (Å²) in [5, 5.41) is 19.6. The maximum atomic E-state index is 11.2. The average molecular weight is 435 g/mol. The number of carbonyl (C=O) groups is 1. The van der Waals surface area contributed by atoms with Gasteiger partial charge in [0, 0.05) is 6.42 Å². The molecule has 4 heteroatoms. The van der Waals surface area contributed by atoms with Crippen molar-refractivity contribution in [3.8, 4) is 0 Å². The lowest BCUT2D eigenvalue weighted by atomic mass is 9.43. The van der Waals surface area contributed by atoms with E-state index < -0.39 is 5.97 Å². The first-order chi connectivity index (χ1) is 14.6. The lowest BCUT2D eigenvalue weighted by Gasteiger charge is -2.63. The Kier molecular flexibility index (Phi) is 6.55. The second-order valence-electron chi connectivity index (χ2n) is 12.5. The molecule has 2 N–H and O–H groups in total. The zero-order valence-corrected chi connectivity index (χ0v) is 20.5. The van der Waals surface area contributed by atoms with E-state index in [0.29, 0.717) is 58.9 Å². The number of carboxylic acids is 1. The number of hydrogen-bond donors (Lipinski definition) is 2. The number of ether oxygens (including phenoxy) is 1. The molecule has 0 spiro atoms. The quantitative estimate of drug-likeness (QED) is 0.545. The largest absolute Gasteiger partial charge is 0.481 e. The fraction of sp³-hybridized carbons (Fsp3) is 0.963. The van der Waals surface area contributed by atoms with Gasteiger partial charge in [0.15, 0.2) is 0 Å². The normalized spacial score (nSPS) is 48.0. The molecule has 0 radical (unpaired) electrons. The minimum absolute atomic E-state index is 0.130. The molecule has 31 heavy (non-hydrogen) atoms. The van der Waals surface area contributed by atoms with E-state index in [-0.39, 0.29) is 12.2 Å². The molecule has 0 aromatic carbocycles. The molecule has 0 amide bonds. The Labute approximate surface area is 189 Å². The van der Waals surface area contributed by atoms with Crippen LogP contribution in [0.1, 0.15) is 98.8 Å². The molecule has 10 unspecified atom stereocenters. The second-order valence-corrected chi connectivity index (χ2v) is 12.5. The number of rotatable bonds is 6. The molecule has 0 bridgehead atoms. The Morgan fingerprint density at radius 1 is 1.00 bits per heavy atom. The van der Waals surface area contributed by atoms with Crippen LogP contribution in [0.15, 0.2) is 0 Å². The van der Waals surface area contributed by atoms with Crippen LogP contribution in [0.2, 0.25) is 0 Å². The highest BCUT2D eigenvalue weighted by Crippen LogP contribution is 2.68. The van der Waals surface area contributed by atoms with E-state index in [9.17, 15) is 15.0 Å². The van der Waals surface area contributed by atoms with Crippen molar-refractivity contribution >= 4 is 5.97 Å². The van der Waals surface area contributed by atoms with Crippen LogP contribution < -0.4 is 0 Å². The molecule has 0 aromatic rings. The van der Waals surface area contributed by atoms with E-state index in [1.165, 1.54) is 25.7 Å². The fourth-order valence-electron chi connectivity index (χ4n) is 9.19. The molecule has 0 aliphatic heterocycles. The molecule has 0 heterocycles. The van der Waals surface area contributed by atoms with E-state index in [2.05, 4.69) is 34.6 Å². The molecule has 0 saturated heterocycles. The standard InChI is InChI=1S/C27H46O4/c1-16(2)31-23-15-18-14-19(28)10-12-26(18,4)22-11-13-27(5)20(7-8-21(27)25(22)23)17(3)6-9-24(29)30/h16-23,25,28H,6-15H2,1-5H3,(H,29,30). The van der Waals surface area contributed by atoms with Gasteiger partial charge in [0.25, 0.3) is 0 Å². The predicted octanol–water partition coefficient (Wildman–Crippen LogP) is 5.91. The monoisotopic (exact) mass is 434 g/mol. The third-order valence-corrected chi connectivity index (χ3v) is 10.7. The van der Waals surface area contributed by atoms with Gasteiger partial charge in [0.2, 0.25) is 0 Å². The summed E-state index contributed by atoms with van der Waals surface area (Å²) in [6.07, 6.45) is 10.8. The van der Waals surface area contributed by atoms with Crippen LogP contribution in [0.3, 0.4) is 0 Å². The third-order valence-electron chi connectivity index (χ3n) is 10.7. The Morgan fingerprint density at radius 2 is 1.68 bits per heavy atom. The molecule has 4 saturated carbocycles. The number of aliphatic hydroxyl groups is 1. The number of fused-ring (bicyclic) bond motifs is 5. The zero-order chi connectivity index (χ0) is 22.6. The topological polar surface area (TPSA) is 66.8 Å². The fourth-order valence-corrected chi connectivity index (χ4v) is 9.19. The van der Waals surface area contributed by atoms with Gasteiger partial charge in [-0.1, -0.05) is 20.8 Å². The van der Waals surface area contributed by atoms with Crippen molar-refractivity contribution in [2.75, 3.05) is 0 Å². The lowest BCUT2D eigenvalue weighted by molar-refractivity contribution is -0.196. The third kappa shape index (κ3) is 4.09. The lowest BCUT2D eigenvalue weighted by Crippen LogP contribution is -2.59. The van der Waals surface area contributed by atoms with E-state index in [4.69, 9.17) is 4.74 Å². The van der Waals surface area contributed by atoms with Crippen molar-refractivity contribution in [3.05, 3.63) is 0 Å². The van der Waals surface area contributed by atoms with Crippen LogP contribution in [-0.4, -0.2) is 34.5 Å². The summed E-state index contributed by atoms with van der Waals surface area (Å²) in [5.41, 5.74) is 0.657. The van der Waals surface area contributed by atoms with Crippen LogP contribution in [0.25, 0.3) is 0 Å². The van der Waals surface area contributed by atoms with Gasteiger partial charge in [-0.05, 0) is 118 Å². The highest BCUT2D eigenvalue weighted by atomic mass is 16.5. The van der Waals surface area contributed by atoms with Crippen LogP contribution >= 0.6 is 0 Å². The van der Waals surface area contributed by atoms with Gasteiger partial charge in [-0.3, -0.25) is 4.79 Å². The Morgan fingerprint density at radius 3 is 2.35 bits per heavy atom. The first-order valence-corrected chi connectivity index (χ1v) is 13.1. The van der Waals surface area contributed by atoms with E-state index >= 15 is 0 Å². The molecule has 10 atom stereocenters. The summed E-state index contributed by atoms with van der Waals surface area (Å²) in [4.78, 5) is 11.2. The van der Waals surface area contributed by atoms with Crippen LogP contribution in [0.5, 0.6) is 0 Å². The number of carboxylic acid groups (broad SMARTS) is 1. The van der Waals surface area contributed by atoms with Gasteiger partial charge in [-0.2, -0.15) is 0 Å². The number of aliphatic hydroxyl groups excluding tert-OH is 1. The molecule has 4 fully saturated rings. The summed E-state index contributed by atoms with van der Waals surface area (Å²) in [7, 11) is 0. The van der Waals surface area contributed by atoms with Crippen LogP contribution in [0, 0.1) is 46.3 Å². The van der Waals surface area contributed by atoms with Crippen LogP contribution in [-0.2, 0) is 9.53 Å². The zero-order valence-electron chi connectivity index (χ0n) is 20.5. The van der Waals surface area contributed by atoms with Crippen molar-refractivity contribution in [3.63, 3.8) is 0 Å². The van der Waals surface area contributed by atoms with Gasteiger partial charge < -0.3 is 14.9 Å². The van der Waals surface area contributed by atoms with Gasteiger partial charge >= 0.3 is 5.97 Å². The summed E-state index contributed by atoms with van der Waals surface area (Å²) in [5.74, 6) is 3.05. The molecular formula is C27H46O4.